The standard InChI is InChI=1S/C12H15BrFN3O3/c1-18-10-9(20-8-5-14)12(13,19-2)16-11(15-10)17-6-3-4-7-17/h3-4,6-7H,5,8H2,1-2H3,(H,15,16). The van der Waals surface area contributed by atoms with Gasteiger partial charge >= 0.3 is 0 Å². The molecule has 20 heavy (non-hydrogen) atoms. The zero-order valence-electron chi connectivity index (χ0n) is 11.1. The topological polar surface area (TPSA) is 57.0 Å². The average molecular weight is 348 g/mol. The molecule has 0 fully saturated rings. The van der Waals surface area contributed by atoms with Crippen molar-refractivity contribution in [3.63, 3.8) is 0 Å². The van der Waals surface area contributed by atoms with Crippen molar-refractivity contribution in [3.05, 3.63) is 36.2 Å². The van der Waals surface area contributed by atoms with Gasteiger partial charge in [0.25, 0.3) is 4.63 Å². The van der Waals surface area contributed by atoms with Crippen LogP contribution in [0.15, 0.2) is 41.2 Å². The molecule has 0 bridgehead atoms. The van der Waals surface area contributed by atoms with Gasteiger partial charge in [-0.1, -0.05) is 0 Å². The Morgan fingerprint density at radius 1 is 1.40 bits per heavy atom. The lowest BCUT2D eigenvalue weighted by Gasteiger charge is -2.31. The zero-order valence-corrected chi connectivity index (χ0v) is 12.7. The summed E-state index contributed by atoms with van der Waals surface area (Å²) in [5, 5.41) is 2.97. The van der Waals surface area contributed by atoms with Crippen LogP contribution in [0.2, 0.25) is 0 Å². The summed E-state index contributed by atoms with van der Waals surface area (Å²) in [7, 11) is 2.94. The molecule has 1 aliphatic heterocycles. The zero-order chi connectivity index (χ0) is 14.6. The molecule has 0 saturated heterocycles. The Morgan fingerprint density at radius 2 is 2.10 bits per heavy atom. The Kier molecular flexibility index (Phi) is 4.66. The van der Waals surface area contributed by atoms with E-state index >= 15 is 0 Å². The van der Waals surface area contributed by atoms with Crippen LogP contribution in [0.1, 0.15) is 0 Å². The molecule has 0 amide bonds. The number of aromatic nitrogens is 1. The van der Waals surface area contributed by atoms with Crippen molar-refractivity contribution in [2.75, 3.05) is 27.5 Å². The molecule has 1 atom stereocenters. The summed E-state index contributed by atoms with van der Waals surface area (Å²) in [6.07, 6.45) is 3.63. The molecule has 2 rings (SSSR count). The van der Waals surface area contributed by atoms with Gasteiger partial charge in [-0.05, 0) is 28.1 Å². The van der Waals surface area contributed by atoms with E-state index in [2.05, 4.69) is 26.2 Å². The molecule has 6 nitrogen and oxygen atoms in total. The van der Waals surface area contributed by atoms with Crippen molar-refractivity contribution < 1.29 is 18.6 Å². The second-order valence-electron chi connectivity index (χ2n) is 3.82. The first kappa shape index (κ1) is 14.9. The van der Waals surface area contributed by atoms with E-state index in [-0.39, 0.29) is 12.4 Å². The highest BCUT2D eigenvalue weighted by Crippen LogP contribution is 2.35. The van der Waals surface area contributed by atoms with Gasteiger partial charge in [-0.15, -0.1) is 0 Å². The molecule has 0 radical (unpaired) electrons. The van der Waals surface area contributed by atoms with Gasteiger partial charge in [0.15, 0.2) is 0 Å². The van der Waals surface area contributed by atoms with Crippen molar-refractivity contribution in [2.45, 2.75) is 4.63 Å². The number of hydrogen-bond donors (Lipinski definition) is 1. The lowest BCUT2D eigenvalue weighted by molar-refractivity contribution is 0.0288. The maximum absolute atomic E-state index is 12.3. The summed E-state index contributed by atoms with van der Waals surface area (Å²) in [6.45, 7) is -0.740. The molecule has 1 aliphatic rings. The van der Waals surface area contributed by atoms with Crippen LogP contribution in [-0.2, 0) is 14.2 Å². The van der Waals surface area contributed by atoms with Gasteiger partial charge in [0.1, 0.15) is 13.3 Å². The minimum atomic E-state index is -1.27. The molecule has 1 N–H and O–H groups in total. The number of hydrogen-bond acceptors (Lipinski definition) is 5. The lowest BCUT2D eigenvalue weighted by Crippen LogP contribution is -2.43. The third-order valence-electron chi connectivity index (χ3n) is 2.61. The second kappa shape index (κ2) is 6.27. The predicted molar refractivity (Wildman–Crippen MR) is 75.0 cm³/mol. The number of nitrogens with zero attached hydrogens (tertiary/aromatic N) is 2. The molecule has 0 aliphatic carbocycles. The third-order valence-corrected chi connectivity index (χ3v) is 3.47. The van der Waals surface area contributed by atoms with E-state index < -0.39 is 11.3 Å². The van der Waals surface area contributed by atoms with E-state index in [1.807, 2.05) is 24.5 Å². The molecular formula is C12H15BrFN3O3. The van der Waals surface area contributed by atoms with Crippen molar-refractivity contribution in [2.24, 2.45) is 4.99 Å². The first-order valence-electron chi connectivity index (χ1n) is 5.86. The Balaban J connectivity index is 2.37. The van der Waals surface area contributed by atoms with Crippen molar-refractivity contribution >= 4 is 21.9 Å². The van der Waals surface area contributed by atoms with Crippen molar-refractivity contribution in [1.82, 2.24) is 9.88 Å². The van der Waals surface area contributed by atoms with Crippen molar-refractivity contribution in [1.29, 1.82) is 0 Å². The summed E-state index contributed by atoms with van der Waals surface area (Å²) in [5.41, 5.74) is 0. The van der Waals surface area contributed by atoms with Gasteiger partial charge in [-0.2, -0.15) is 4.99 Å². The maximum Gasteiger partial charge on any atom is 0.283 e. The summed E-state index contributed by atoms with van der Waals surface area (Å²) < 4.78 is 28.7. The minimum Gasteiger partial charge on any atom is -0.485 e. The SMILES string of the molecule is COC1=C(OCCF)C(Br)(OC)N=C(n2cccc2)N1. The number of halogens is 2. The second-order valence-corrected chi connectivity index (χ2v) is 4.89. The monoisotopic (exact) mass is 347 g/mol. The fourth-order valence-electron chi connectivity index (χ4n) is 1.69. The Morgan fingerprint density at radius 3 is 2.65 bits per heavy atom. The van der Waals surface area contributed by atoms with E-state index in [0.29, 0.717) is 11.8 Å². The van der Waals surface area contributed by atoms with Crippen LogP contribution in [0.3, 0.4) is 0 Å². The molecule has 1 aromatic rings. The molecular weight excluding hydrogens is 333 g/mol. The van der Waals surface area contributed by atoms with Gasteiger partial charge in [0.2, 0.25) is 17.6 Å². The van der Waals surface area contributed by atoms with Crippen LogP contribution in [-0.4, -0.2) is 42.7 Å². The number of aliphatic imine (C=N–C) groups is 1. The van der Waals surface area contributed by atoms with Crippen LogP contribution in [0.4, 0.5) is 4.39 Å². The number of nitrogens with one attached hydrogen (secondary N) is 1. The molecule has 110 valence electrons. The van der Waals surface area contributed by atoms with E-state index in [4.69, 9.17) is 14.2 Å². The Bertz CT molecular complexity index is 518. The van der Waals surface area contributed by atoms with Gasteiger partial charge < -0.3 is 14.2 Å². The summed E-state index contributed by atoms with van der Waals surface area (Å²) >= 11 is 3.35. The molecule has 0 saturated carbocycles. The van der Waals surface area contributed by atoms with Crippen LogP contribution in [0, 0.1) is 0 Å². The Hall–Kier alpha value is -1.54. The molecule has 2 heterocycles. The normalized spacial score (nSPS) is 22.3. The molecule has 1 aromatic heterocycles. The fourth-order valence-corrected chi connectivity index (χ4v) is 2.15. The number of ether oxygens (including phenoxy) is 3. The van der Waals surface area contributed by atoms with Gasteiger partial charge in [-0.25, -0.2) is 4.39 Å². The first-order chi connectivity index (χ1) is 9.64. The summed E-state index contributed by atoms with van der Waals surface area (Å²) in [6, 6.07) is 3.72. The highest BCUT2D eigenvalue weighted by molar-refractivity contribution is 9.10. The Labute approximate surface area is 124 Å². The molecule has 8 heteroatoms. The van der Waals surface area contributed by atoms with Crippen LogP contribution in [0.5, 0.6) is 0 Å². The fraction of sp³-hybridized carbons (Fsp3) is 0.417. The number of rotatable bonds is 5. The number of methoxy groups -OCH3 is 2. The molecule has 0 spiro atoms. The molecule has 1 unspecified atom stereocenters. The van der Waals surface area contributed by atoms with Gasteiger partial charge in [0.05, 0.1) is 7.11 Å². The van der Waals surface area contributed by atoms with E-state index in [9.17, 15) is 4.39 Å². The third kappa shape index (κ3) is 2.80. The van der Waals surface area contributed by atoms with Crippen LogP contribution < -0.4 is 5.32 Å². The maximum atomic E-state index is 12.3. The average Bonchev–Trinajstić information content (AvgIpc) is 2.99. The van der Waals surface area contributed by atoms with E-state index in [1.165, 1.54) is 14.2 Å². The molecule has 0 aromatic carbocycles. The van der Waals surface area contributed by atoms with Gasteiger partial charge in [0, 0.05) is 19.5 Å². The quantitative estimate of drug-likeness (QED) is 0.651. The van der Waals surface area contributed by atoms with Crippen molar-refractivity contribution in [3.8, 4) is 0 Å². The van der Waals surface area contributed by atoms with E-state index in [1.54, 1.807) is 4.57 Å². The highest BCUT2D eigenvalue weighted by atomic mass is 79.9. The first-order valence-corrected chi connectivity index (χ1v) is 6.65. The van der Waals surface area contributed by atoms with Crippen LogP contribution in [0.25, 0.3) is 0 Å². The smallest absolute Gasteiger partial charge is 0.283 e. The predicted octanol–water partition coefficient (Wildman–Crippen LogP) is 1.79. The summed E-state index contributed by atoms with van der Waals surface area (Å²) in [5.74, 6) is 1.02. The highest BCUT2D eigenvalue weighted by Gasteiger charge is 2.41. The largest absolute Gasteiger partial charge is 0.485 e. The number of alkyl halides is 2. The van der Waals surface area contributed by atoms with Crippen LogP contribution >= 0.6 is 15.9 Å². The summed E-state index contributed by atoms with van der Waals surface area (Å²) in [4.78, 5) is 4.38. The lowest BCUT2D eigenvalue weighted by atomic mass is 10.4. The van der Waals surface area contributed by atoms with E-state index in [0.717, 1.165) is 0 Å². The minimum absolute atomic E-state index is 0.116. The van der Waals surface area contributed by atoms with Gasteiger partial charge in [-0.3, -0.25) is 9.88 Å².